The smallest absolute Gasteiger partial charge is 0.308 e. The number of rotatable bonds is 2. The molecule has 1 fully saturated rings. The standard InChI is InChI=1S/C12H14N2O3/c1-8-6-14(7-9(8)12(16)17)11(15)10-4-2-3-5-13-10/h2-5,8-9H,6-7H2,1H3,(H,16,17)/t8-,9-/m1/s1. The molecule has 0 radical (unpaired) electrons. The minimum atomic E-state index is -0.839. The van der Waals surface area contributed by atoms with Gasteiger partial charge >= 0.3 is 5.97 Å². The lowest BCUT2D eigenvalue weighted by atomic mass is 9.99. The van der Waals surface area contributed by atoms with Gasteiger partial charge in [-0.15, -0.1) is 0 Å². The fraction of sp³-hybridized carbons (Fsp3) is 0.417. The van der Waals surface area contributed by atoms with Crippen molar-refractivity contribution in [2.75, 3.05) is 13.1 Å². The van der Waals surface area contributed by atoms with Gasteiger partial charge in [-0.3, -0.25) is 14.6 Å². The molecule has 1 saturated heterocycles. The van der Waals surface area contributed by atoms with Gasteiger partial charge in [0.05, 0.1) is 5.92 Å². The number of hydrogen-bond donors (Lipinski definition) is 1. The first-order valence-electron chi connectivity index (χ1n) is 5.52. The van der Waals surface area contributed by atoms with Gasteiger partial charge in [0.1, 0.15) is 5.69 Å². The number of carboxylic acid groups (broad SMARTS) is 1. The number of pyridine rings is 1. The van der Waals surface area contributed by atoms with Crippen LogP contribution in [-0.2, 0) is 4.79 Å². The van der Waals surface area contributed by atoms with Crippen LogP contribution >= 0.6 is 0 Å². The highest BCUT2D eigenvalue weighted by molar-refractivity contribution is 5.93. The van der Waals surface area contributed by atoms with Crippen LogP contribution in [0.25, 0.3) is 0 Å². The first-order valence-corrected chi connectivity index (χ1v) is 5.52. The molecular weight excluding hydrogens is 220 g/mol. The van der Waals surface area contributed by atoms with Gasteiger partial charge in [0.15, 0.2) is 0 Å². The number of carbonyl (C=O) groups excluding carboxylic acids is 1. The molecule has 1 aromatic rings. The van der Waals surface area contributed by atoms with Crippen molar-refractivity contribution >= 4 is 11.9 Å². The van der Waals surface area contributed by atoms with Gasteiger partial charge in [0, 0.05) is 19.3 Å². The van der Waals surface area contributed by atoms with Crippen molar-refractivity contribution in [3.05, 3.63) is 30.1 Å². The quantitative estimate of drug-likeness (QED) is 0.824. The summed E-state index contributed by atoms with van der Waals surface area (Å²) in [6.45, 7) is 2.60. The lowest BCUT2D eigenvalue weighted by Gasteiger charge is -2.14. The van der Waals surface area contributed by atoms with Crippen molar-refractivity contribution in [2.24, 2.45) is 11.8 Å². The van der Waals surface area contributed by atoms with Gasteiger partial charge in [-0.2, -0.15) is 0 Å². The summed E-state index contributed by atoms with van der Waals surface area (Å²) in [4.78, 5) is 28.5. The normalized spacial score (nSPS) is 23.7. The molecule has 2 atom stereocenters. The fourth-order valence-corrected chi connectivity index (χ4v) is 2.11. The predicted octanol–water partition coefficient (Wildman–Crippen LogP) is 0.874. The van der Waals surface area contributed by atoms with E-state index in [0.29, 0.717) is 12.2 Å². The summed E-state index contributed by atoms with van der Waals surface area (Å²) >= 11 is 0. The first kappa shape index (κ1) is 11.6. The highest BCUT2D eigenvalue weighted by Crippen LogP contribution is 2.24. The van der Waals surface area contributed by atoms with Crippen molar-refractivity contribution in [3.63, 3.8) is 0 Å². The molecule has 5 nitrogen and oxygen atoms in total. The summed E-state index contributed by atoms with van der Waals surface area (Å²) in [5.41, 5.74) is 0.366. The van der Waals surface area contributed by atoms with Crippen molar-refractivity contribution in [1.82, 2.24) is 9.88 Å². The van der Waals surface area contributed by atoms with Gasteiger partial charge in [-0.05, 0) is 18.1 Å². The molecule has 1 N–H and O–H groups in total. The lowest BCUT2D eigenvalue weighted by Crippen LogP contribution is -2.30. The Bertz CT molecular complexity index is 433. The van der Waals surface area contributed by atoms with Gasteiger partial charge in [0.25, 0.3) is 5.91 Å². The molecule has 2 rings (SSSR count). The molecule has 0 saturated carbocycles. The van der Waals surface area contributed by atoms with Crippen LogP contribution in [0, 0.1) is 11.8 Å². The Balaban J connectivity index is 2.11. The Labute approximate surface area is 99.1 Å². The van der Waals surface area contributed by atoms with Crippen LogP contribution in [0.4, 0.5) is 0 Å². The number of nitrogens with zero attached hydrogens (tertiary/aromatic N) is 2. The second-order valence-electron chi connectivity index (χ2n) is 4.35. The summed E-state index contributed by atoms with van der Waals surface area (Å²) in [5.74, 6) is -1.52. The zero-order valence-electron chi connectivity index (χ0n) is 9.54. The van der Waals surface area contributed by atoms with Crippen LogP contribution in [0.1, 0.15) is 17.4 Å². The lowest BCUT2D eigenvalue weighted by molar-refractivity contribution is -0.142. The Morgan fingerprint density at radius 1 is 1.41 bits per heavy atom. The van der Waals surface area contributed by atoms with Crippen LogP contribution in [0.2, 0.25) is 0 Å². The number of amides is 1. The Hall–Kier alpha value is -1.91. The van der Waals surface area contributed by atoms with Crippen molar-refractivity contribution < 1.29 is 14.7 Å². The Kier molecular flexibility index (Phi) is 3.08. The van der Waals surface area contributed by atoms with E-state index in [0.717, 1.165) is 0 Å². The number of aliphatic carboxylic acids is 1. The highest BCUT2D eigenvalue weighted by atomic mass is 16.4. The maximum atomic E-state index is 12.0. The molecule has 0 unspecified atom stereocenters. The van der Waals surface area contributed by atoms with Crippen LogP contribution in [-0.4, -0.2) is 40.0 Å². The van der Waals surface area contributed by atoms with E-state index in [2.05, 4.69) is 4.98 Å². The number of likely N-dealkylation sites (tertiary alicyclic amines) is 1. The minimum Gasteiger partial charge on any atom is -0.481 e. The molecule has 1 amide bonds. The molecular formula is C12H14N2O3. The third-order valence-corrected chi connectivity index (χ3v) is 3.10. The number of aromatic nitrogens is 1. The van der Waals surface area contributed by atoms with Gasteiger partial charge in [-0.25, -0.2) is 0 Å². The fourth-order valence-electron chi connectivity index (χ4n) is 2.11. The van der Waals surface area contributed by atoms with E-state index in [1.807, 2.05) is 6.92 Å². The summed E-state index contributed by atoms with van der Waals surface area (Å²) in [6.07, 6.45) is 1.56. The van der Waals surface area contributed by atoms with Gasteiger partial charge < -0.3 is 10.0 Å². The largest absolute Gasteiger partial charge is 0.481 e. The van der Waals surface area contributed by atoms with E-state index in [1.165, 1.54) is 0 Å². The average Bonchev–Trinajstić information content (AvgIpc) is 2.71. The summed E-state index contributed by atoms with van der Waals surface area (Å²) < 4.78 is 0. The molecule has 0 bridgehead atoms. The second kappa shape index (κ2) is 4.53. The van der Waals surface area contributed by atoms with Crippen LogP contribution in [0.15, 0.2) is 24.4 Å². The second-order valence-corrected chi connectivity index (χ2v) is 4.35. The van der Waals surface area contributed by atoms with E-state index in [-0.39, 0.29) is 18.4 Å². The van der Waals surface area contributed by atoms with Crippen LogP contribution in [0.5, 0.6) is 0 Å². The maximum absolute atomic E-state index is 12.0. The molecule has 5 heteroatoms. The molecule has 17 heavy (non-hydrogen) atoms. The van der Waals surface area contributed by atoms with Gasteiger partial charge in [0.2, 0.25) is 0 Å². The van der Waals surface area contributed by atoms with Crippen molar-refractivity contribution in [2.45, 2.75) is 6.92 Å². The number of hydrogen-bond acceptors (Lipinski definition) is 3. The van der Waals surface area contributed by atoms with Crippen LogP contribution in [0.3, 0.4) is 0 Å². The molecule has 0 spiro atoms. The predicted molar refractivity (Wildman–Crippen MR) is 60.4 cm³/mol. The van der Waals surface area contributed by atoms with Crippen molar-refractivity contribution in [3.8, 4) is 0 Å². The monoisotopic (exact) mass is 234 g/mol. The highest BCUT2D eigenvalue weighted by Gasteiger charge is 2.37. The van der Waals surface area contributed by atoms with Gasteiger partial charge in [-0.1, -0.05) is 13.0 Å². The Morgan fingerprint density at radius 2 is 2.18 bits per heavy atom. The van der Waals surface area contributed by atoms with E-state index in [4.69, 9.17) is 5.11 Å². The zero-order valence-corrected chi connectivity index (χ0v) is 9.54. The molecule has 1 aliphatic rings. The molecule has 90 valence electrons. The summed E-state index contributed by atoms with van der Waals surface area (Å²) in [5, 5.41) is 9.00. The van der Waals surface area contributed by atoms with E-state index in [9.17, 15) is 9.59 Å². The average molecular weight is 234 g/mol. The molecule has 0 aromatic carbocycles. The first-order chi connectivity index (χ1) is 8.09. The van der Waals surface area contributed by atoms with E-state index >= 15 is 0 Å². The molecule has 0 aliphatic carbocycles. The number of carbonyl (C=O) groups is 2. The molecule has 1 aromatic heterocycles. The SMILES string of the molecule is C[C@@H]1CN(C(=O)c2ccccn2)C[C@H]1C(=O)O. The Morgan fingerprint density at radius 3 is 2.71 bits per heavy atom. The summed E-state index contributed by atoms with van der Waals surface area (Å²) in [7, 11) is 0. The maximum Gasteiger partial charge on any atom is 0.308 e. The third-order valence-electron chi connectivity index (χ3n) is 3.10. The molecule has 1 aliphatic heterocycles. The number of carboxylic acids is 1. The van der Waals surface area contributed by atoms with E-state index < -0.39 is 11.9 Å². The zero-order chi connectivity index (χ0) is 12.4. The van der Waals surface area contributed by atoms with Crippen molar-refractivity contribution in [1.29, 1.82) is 0 Å². The minimum absolute atomic E-state index is 0.0137. The van der Waals surface area contributed by atoms with Crippen LogP contribution < -0.4 is 0 Å². The topological polar surface area (TPSA) is 70.5 Å². The molecule has 2 heterocycles. The van der Waals surface area contributed by atoms with E-state index in [1.54, 1.807) is 29.3 Å². The summed E-state index contributed by atoms with van der Waals surface area (Å²) in [6, 6.07) is 5.12. The third kappa shape index (κ3) is 2.27.